The zero-order valence-corrected chi connectivity index (χ0v) is 13.4. The van der Waals surface area contributed by atoms with Crippen molar-refractivity contribution in [3.05, 3.63) is 59.9 Å². The van der Waals surface area contributed by atoms with Gasteiger partial charge in [-0.1, -0.05) is 12.1 Å². The normalized spacial score (nSPS) is 11.5. The van der Waals surface area contributed by atoms with E-state index < -0.39 is 5.97 Å². The fraction of sp³-hybridized carbons (Fsp3) is 0.167. The lowest BCUT2D eigenvalue weighted by atomic mass is 10.0. The molecule has 2 heterocycles. The van der Waals surface area contributed by atoms with Gasteiger partial charge in [-0.05, 0) is 36.8 Å². The summed E-state index contributed by atoms with van der Waals surface area (Å²) in [6.07, 6.45) is 3.15. The summed E-state index contributed by atoms with van der Waals surface area (Å²) >= 11 is 0. The Morgan fingerprint density at radius 2 is 2.17 bits per heavy atom. The number of hydrogen-bond acceptors (Lipinski definition) is 5. The summed E-state index contributed by atoms with van der Waals surface area (Å²) < 4.78 is 10.2. The van der Waals surface area contributed by atoms with E-state index in [2.05, 4.69) is 15.2 Å². The maximum absolute atomic E-state index is 11.9. The number of hydrogen-bond donors (Lipinski definition) is 1. The first-order valence-electron chi connectivity index (χ1n) is 7.55. The highest BCUT2D eigenvalue weighted by atomic mass is 16.5. The van der Waals surface area contributed by atoms with Gasteiger partial charge in [-0.25, -0.2) is 4.79 Å². The second kappa shape index (κ2) is 6.95. The molecule has 0 saturated carbocycles. The van der Waals surface area contributed by atoms with E-state index in [4.69, 9.17) is 9.47 Å². The molecule has 0 radical (unpaired) electrons. The van der Waals surface area contributed by atoms with Crippen LogP contribution >= 0.6 is 0 Å². The molecular formula is C18H17N3O3. The number of aromatic nitrogens is 3. The zero-order valence-electron chi connectivity index (χ0n) is 13.4. The van der Waals surface area contributed by atoms with Crippen LogP contribution in [-0.2, 0) is 9.53 Å². The molecule has 122 valence electrons. The predicted molar refractivity (Wildman–Crippen MR) is 90.6 cm³/mol. The molecule has 3 rings (SSSR count). The number of pyridine rings is 1. The molecular weight excluding hydrogens is 306 g/mol. The largest absolute Gasteiger partial charge is 0.480 e. The Bertz CT molecular complexity index is 885. The van der Waals surface area contributed by atoms with Gasteiger partial charge in [-0.15, -0.1) is 5.10 Å². The minimum atomic E-state index is -0.402. The highest BCUT2D eigenvalue weighted by molar-refractivity contribution is 5.97. The van der Waals surface area contributed by atoms with Gasteiger partial charge in [0.25, 0.3) is 0 Å². The fourth-order valence-electron chi connectivity index (χ4n) is 2.45. The smallest absolute Gasteiger partial charge is 0.331 e. The number of H-pyrrole nitrogens is 1. The van der Waals surface area contributed by atoms with Gasteiger partial charge in [0.05, 0.1) is 30.3 Å². The van der Waals surface area contributed by atoms with Gasteiger partial charge < -0.3 is 9.47 Å². The molecule has 0 fully saturated rings. The van der Waals surface area contributed by atoms with E-state index in [0.717, 1.165) is 16.5 Å². The van der Waals surface area contributed by atoms with Crippen LogP contribution in [-0.4, -0.2) is 34.9 Å². The third-order valence-corrected chi connectivity index (χ3v) is 3.52. The third-order valence-electron chi connectivity index (χ3n) is 3.52. The van der Waals surface area contributed by atoms with Crippen molar-refractivity contribution in [2.45, 2.75) is 6.92 Å². The molecule has 0 aliphatic heterocycles. The Kier molecular flexibility index (Phi) is 4.56. The minimum Gasteiger partial charge on any atom is -0.480 e. The first-order chi connectivity index (χ1) is 11.7. The van der Waals surface area contributed by atoms with Gasteiger partial charge in [0.15, 0.2) is 0 Å². The van der Waals surface area contributed by atoms with E-state index in [9.17, 15) is 4.79 Å². The highest BCUT2D eigenvalue weighted by Crippen LogP contribution is 2.28. The van der Waals surface area contributed by atoms with Gasteiger partial charge in [0.1, 0.15) is 0 Å². The van der Waals surface area contributed by atoms with Crippen LogP contribution in [0.25, 0.3) is 16.5 Å². The van der Waals surface area contributed by atoms with Crippen molar-refractivity contribution in [3.8, 4) is 5.88 Å². The van der Waals surface area contributed by atoms with E-state index >= 15 is 0 Å². The van der Waals surface area contributed by atoms with Crippen molar-refractivity contribution < 1.29 is 14.3 Å². The lowest BCUT2D eigenvalue weighted by Crippen LogP contribution is -2.02. The topological polar surface area (TPSA) is 77.1 Å². The zero-order chi connectivity index (χ0) is 16.9. The van der Waals surface area contributed by atoms with Gasteiger partial charge >= 0.3 is 5.97 Å². The number of rotatable bonds is 5. The van der Waals surface area contributed by atoms with E-state index in [1.165, 1.54) is 6.08 Å². The first-order valence-corrected chi connectivity index (χ1v) is 7.55. The number of fused-ring (bicyclic) bond motifs is 1. The molecule has 6 heteroatoms. The summed E-state index contributed by atoms with van der Waals surface area (Å²) in [6, 6.07) is 11.3. The Balaban J connectivity index is 2.10. The van der Waals surface area contributed by atoms with Crippen molar-refractivity contribution in [1.82, 2.24) is 15.2 Å². The van der Waals surface area contributed by atoms with Crippen LogP contribution in [0.4, 0.5) is 0 Å². The van der Waals surface area contributed by atoms with Gasteiger partial charge in [0, 0.05) is 17.8 Å². The second-order valence-electron chi connectivity index (χ2n) is 5.02. The van der Waals surface area contributed by atoms with Gasteiger partial charge in [-0.2, -0.15) is 0 Å². The van der Waals surface area contributed by atoms with Crippen LogP contribution < -0.4 is 4.74 Å². The van der Waals surface area contributed by atoms with E-state index in [0.29, 0.717) is 23.8 Å². The quantitative estimate of drug-likeness (QED) is 0.577. The summed E-state index contributed by atoms with van der Waals surface area (Å²) in [5, 5.41) is 7.90. The number of ether oxygens (including phenoxy) is 2. The van der Waals surface area contributed by atoms with Crippen LogP contribution in [0.3, 0.4) is 0 Å². The molecule has 0 spiro atoms. The monoisotopic (exact) mass is 323 g/mol. The summed E-state index contributed by atoms with van der Waals surface area (Å²) in [7, 11) is 1.57. The molecule has 6 nitrogen and oxygen atoms in total. The molecule has 0 atom stereocenters. The van der Waals surface area contributed by atoms with Crippen molar-refractivity contribution in [1.29, 1.82) is 0 Å². The number of aromatic amines is 1. The van der Waals surface area contributed by atoms with Crippen molar-refractivity contribution in [2.24, 2.45) is 0 Å². The molecule has 0 saturated heterocycles. The number of carbonyl (C=O) groups is 1. The van der Waals surface area contributed by atoms with Gasteiger partial charge in [0.2, 0.25) is 5.88 Å². The molecule has 1 N–H and O–H groups in total. The minimum absolute atomic E-state index is 0.321. The molecule has 24 heavy (non-hydrogen) atoms. The average Bonchev–Trinajstić information content (AvgIpc) is 3.03. The lowest BCUT2D eigenvalue weighted by Gasteiger charge is -2.08. The Hall–Kier alpha value is -3.15. The number of esters is 1. The summed E-state index contributed by atoms with van der Waals surface area (Å²) in [4.78, 5) is 16.3. The molecule has 0 aliphatic rings. The van der Waals surface area contributed by atoms with Crippen LogP contribution in [0.15, 0.2) is 48.7 Å². The Labute approximate surface area is 139 Å². The van der Waals surface area contributed by atoms with Crippen LogP contribution in [0.1, 0.15) is 18.2 Å². The van der Waals surface area contributed by atoms with E-state index in [1.54, 1.807) is 20.2 Å². The molecule has 2 aromatic heterocycles. The lowest BCUT2D eigenvalue weighted by molar-refractivity contribution is -0.137. The standard InChI is InChI=1S/C18H17N3O3/c1-3-24-17(22)11-14(15-6-4-5-9-19-15)12-7-8-13-16(10-12)20-21-18(13)23-2/h4-11H,3H2,1-2H3,(H,20,21). The molecule has 0 aliphatic carbocycles. The number of benzene rings is 1. The first kappa shape index (κ1) is 15.7. The van der Waals surface area contributed by atoms with Crippen LogP contribution in [0, 0.1) is 0 Å². The highest BCUT2D eigenvalue weighted by Gasteiger charge is 2.12. The Morgan fingerprint density at radius 1 is 1.29 bits per heavy atom. The van der Waals surface area contributed by atoms with Crippen molar-refractivity contribution >= 4 is 22.4 Å². The number of methoxy groups -OCH3 is 1. The fourth-order valence-corrected chi connectivity index (χ4v) is 2.45. The van der Waals surface area contributed by atoms with Crippen LogP contribution in [0.5, 0.6) is 5.88 Å². The van der Waals surface area contributed by atoms with Crippen molar-refractivity contribution in [3.63, 3.8) is 0 Å². The average molecular weight is 323 g/mol. The SMILES string of the molecule is CCOC(=O)C=C(c1ccc2c(OC)n[nH]c2c1)c1ccccn1. The molecule has 0 bridgehead atoms. The third kappa shape index (κ3) is 3.12. The molecule has 1 aromatic carbocycles. The van der Waals surface area contributed by atoms with Gasteiger partial charge in [-0.3, -0.25) is 10.1 Å². The molecule has 3 aromatic rings. The number of nitrogens with one attached hydrogen (secondary N) is 1. The van der Waals surface area contributed by atoms with Crippen molar-refractivity contribution in [2.75, 3.05) is 13.7 Å². The number of carbonyl (C=O) groups excluding carboxylic acids is 1. The second-order valence-corrected chi connectivity index (χ2v) is 5.02. The predicted octanol–water partition coefficient (Wildman–Crippen LogP) is 2.96. The molecule has 0 amide bonds. The molecule has 0 unspecified atom stereocenters. The van der Waals surface area contributed by atoms with Crippen LogP contribution in [0.2, 0.25) is 0 Å². The maximum atomic E-state index is 11.9. The van der Waals surface area contributed by atoms with E-state index in [-0.39, 0.29) is 0 Å². The summed E-state index contributed by atoms with van der Waals surface area (Å²) in [5.74, 6) is 0.130. The summed E-state index contributed by atoms with van der Waals surface area (Å²) in [6.45, 7) is 2.09. The number of nitrogens with zero attached hydrogens (tertiary/aromatic N) is 2. The Morgan fingerprint density at radius 3 is 2.88 bits per heavy atom. The summed E-state index contributed by atoms with van der Waals surface area (Å²) in [5.41, 5.74) is 3.02. The maximum Gasteiger partial charge on any atom is 0.331 e. The van der Waals surface area contributed by atoms with E-state index in [1.807, 2.05) is 36.4 Å².